The number of thioether (sulfide) groups is 1. The summed E-state index contributed by atoms with van der Waals surface area (Å²) >= 11 is 2.54. The molecule has 5 nitrogen and oxygen atoms in total. The SMILES string of the molecule is CC(=O)C(Sc1nc(-c2cccnc2)cc(-c2cccs2)c1C#N)C(C)=O. The zero-order valence-corrected chi connectivity index (χ0v) is 16.3. The topological polar surface area (TPSA) is 83.7 Å². The van der Waals surface area contributed by atoms with Crippen LogP contribution in [0.4, 0.5) is 0 Å². The lowest BCUT2D eigenvalue weighted by atomic mass is 10.1. The molecule has 0 aliphatic carbocycles. The van der Waals surface area contributed by atoms with Crippen molar-refractivity contribution >= 4 is 34.7 Å². The van der Waals surface area contributed by atoms with Gasteiger partial charge in [0.15, 0.2) is 11.6 Å². The minimum Gasteiger partial charge on any atom is -0.298 e. The maximum atomic E-state index is 11.9. The van der Waals surface area contributed by atoms with Gasteiger partial charge in [-0.15, -0.1) is 11.3 Å². The zero-order chi connectivity index (χ0) is 19.4. The Morgan fingerprint density at radius 3 is 2.56 bits per heavy atom. The molecule has 0 saturated carbocycles. The molecule has 3 rings (SSSR count). The maximum absolute atomic E-state index is 11.9. The first-order chi connectivity index (χ1) is 13.0. The molecule has 0 spiro atoms. The summed E-state index contributed by atoms with van der Waals surface area (Å²) in [5.74, 6) is -0.523. The number of carbonyl (C=O) groups is 2. The molecular weight excluding hydrogens is 378 g/mol. The van der Waals surface area contributed by atoms with Crippen molar-refractivity contribution in [2.24, 2.45) is 0 Å². The van der Waals surface area contributed by atoms with Crippen molar-refractivity contribution in [3.63, 3.8) is 0 Å². The Morgan fingerprint density at radius 1 is 1.22 bits per heavy atom. The van der Waals surface area contributed by atoms with Gasteiger partial charge in [-0.2, -0.15) is 5.26 Å². The van der Waals surface area contributed by atoms with Crippen molar-refractivity contribution in [1.29, 1.82) is 5.26 Å². The molecule has 0 fully saturated rings. The third-order valence-corrected chi connectivity index (χ3v) is 6.13. The highest BCUT2D eigenvalue weighted by Crippen LogP contribution is 2.37. The van der Waals surface area contributed by atoms with E-state index in [-0.39, 0.29) is 11.6 Å². The monoisotopic (exact) mass is 393 g/mol. The summed E-state index contributed by atoms with van der Waals surface area (Å²) in [5, 5.41) is 11.2. The van der Waals surface area contributed by atoms with Crippen LogP contribution in [0, 0.1) is 11.3 Å². The summed E-state index contributed by atoms with van der Waals surface area (Å²) in [6.45, 7) is 2.74. The molecule has 0 amide bonds. The van der Waals surface area contributed by atoms with E-state index in [0.717, 1.165) is 27.8 Å². The smallest absolute Gasteiger partial charge is 0.150 e. The van der Waals surface area contributed by atoms with Crippen molar-refractivity contribution < 1.29 is 9.59 Å². The van der Waals surface area contributed by atoms with E-state index in [1.807, 2.05) is 29.6 Å². The average molecular weight is 393 g/mol. The maximum Gasteiger partial charge on any atom is 0.150 e. The second-order valence-corrected chi connectivity index (χ2v) is 7.83. The van der Waals surface area contributed by atoms with Crippen LogP contribution in [0.15, 0.2) is 53.1 Å². The van der Waals surface area contributed by atoms with Gasteiger partial charge in [0, 0.05) is 28.4 Å². The van der Waals surface area contributed by atoms with E-state index >= 15 is 0 Å². The molecule has 3 aromatic heterocycles. The molecule has 0 aliphatic rings. The Labute approximate surface area is 165 Å². The number of nitrogens with zero attached hydrogens (tertiary/aromatic N) is 3. The first kappa shape index (κ1) is 19.0. The van der Waals surface area contributed by atoms with Gasteiger partial charge in [-0.1, -0.05) is 17.8 Å². The van der Waals surface area contributed by atoms with E-state index in [0.29, 0.717) is 16.3 Å². The third kappa shape index (κ3) is 4.13. The third-order valence-electron chi connectivity index (χ3n) is 3.81. The Kier molecular flexibility index (Phi) is 5.79. The van der Waals surface area contributed by atoms with Gasteiger partial charge in [0.1, 0.15) is 16.3 Å². The van der Waals surface area contributed by atoms with Gasteiger partial charge in [0.25, 0.3) is 0 Å². The number of thiophene rings is 1. The second kappa shape index (κ2) is 8.25. The van der Waals surface area contributed by atoms with Gasteiger partial charge in [-0.25, -0.2) is 4.98 Å². The molecule has 0 radical (unpaired) electrons. The van der Waals surface area contributed by atoms with Crippen molar-refractivity contribution in [2.45, 2.75) is 24.1 Å². The minimum absolute atomic E-state index is 0.261. The highest BCUT2D eigenvalue weighted by Gasteiger charge is 2.25. The molecule has 0 aliphatic heterocycles. The molecule has 0 bridgehead atoms. The number of Topliss-reactive ketones (excluding diaryl/α,β-unsaturated/α-hetero) is 2. The lowest BCUT2D eigenvalue weighted by molar-refractivity contribution is -0.123. The van der Waals surface area contributed by atoms with E-state index in [9.17, 15) is 14.9 Å². The normalized spacial score (nSPS) is 10.6. The van der Waals surface area contributed by atoms with Crippen molar-refractivity contribution in [2.75, 3.05) is 0 Å². The Balaban J connectivity index is 2.21. The molecule has 0 saturated heterocycles. The molecule has 134 valence electrons. The highest BCUT2D eigenvalue weighted by molar-refractivity contribution is 8.01. The lowest BCUT2D eigenvalue weighted by Crippen LogP contribution is -2.22. The lowest BCUT2D eigenvalue weighted by Gasteiger charge is -2.14. The predicted octanol–water partition coefficient (Wildman–Crippen LogP) is 4.38. The minimum atomic E-state index is -0.884. The number of nitriles is 1. The molecule has 7 heteroatoms. The van der Waals surface area contributed by atoms with Gasteiger partial charge in [0.2, 0.25) is 0 Å². The number of hydrogen-bond donors (Lipinski definition) is 0. The molecule has 27 heavy (non-hydrogen) atoms. The number of pyridine rings is 2. The van der Waals surface area contributed by atoms with Gasteiger partial charge < -0.3 is 0 Å². The number of ketones is 2. The van der Waals surface area contributed by atoms with Crippen LogP contribution < -0.4 is 0 Å². The average Bonchev–Trinajstić information content (AvgIpc) is 3.20. The summed E-state index contributed by atoms with van der Waals surface area (Å²) in [6.07, 6.45) is 3.36. The van der Waals surface area contributed by atoms with Crippen LogP contribution in [-0.2, 0) is 9.59 Å². The fraction of sp³-hybridized carbons (Fsp3) is 0.150. The van der Waals surface area contributed by atoms with E-state index in [2.05, 4.69) is 16.0 Å². The van der Waals surface area contributed by atoms with Crippen LogP contribution in [0.25, 0.3) is 21.7 Å². The van der Waals surface area contributed by atoms with Crippen LogP contribution in [0.1, 0.15) is 19.4 Å². The van der Waals surface area contributed by atoms with Crippen molar-refractivity contribution in [3.8, 4) is 27.8 Å². The first-order valence-corrected chi connectivity index (χ1v) is 9.84. The van der Waals surface area contributed by atoms with Crippen LogP contribution >= 0.6 is 23.1 Å². The molecule has 0 atom stereocenters. The van der Waals surface area contributed by atoms with Gasteiger partial charge in [0.05, 0.1) is 11.3 Å². The number of aromatic nitrogens is 2. The Morgan fingerprint density at radius 2 is 2.00 bits per heavy atom. The highest BCUT2D eigenvalue weighted by atomic mass is 32.2. The van der Waals surface area contributed by atoms with Gasteiger partial charge in [-0.3, -0.25) is 14.6 Å². The summed E-state index contributed by atoms with van der Waals surface area (Å²) in [7, 11) is 0. The first-order valence-electron chi connectivity index (χ1n) is 8.08. The van der Waals surface area contributed by atoms with Crippen LogP contribution in [0.3, 0.4) is 0 Å². The predicted molar refractivity (Wildman–Crippen MR) is 107 cm³/mol. The molecule has 0 N–H and O–H groups in total. The van der Waals surface area contributed by atoms with Gasteiger partial charge >= 0.3 is 0 Å². The standard InChI is InChI=1S/C20H15N3O2S2/c1-12(24)19(13(2)25)27-20-16(10-21)15(18-6-4-8-26-18)9-17(23-20)14-5-3-7-22-11-14/h3-9,11,19H,1-2H3. The van der Waals surface area contributed by atoms with Crippen LogP contribution in [0.2, 0.25) is 0 Å². The van der Waals surface area contributed by atoms with E-state index in [1.165, 1.54) is 25.2 Å². The number of carbonyl (C=O) groups excluding carboxylic acids is 2. The van der Waals surface area contributed by atoms with Crippen molar-refractivity contribution in [1.82, 2.24) is 9.97 Å². The van der Waals surface area contributed by atoms with Crippen molar-refractivity contribution in [3.05, 3.63) is 53.7 Å². The zero-order valence-electron chi connectivity index (χ0n) is 14.7. The largest absolute Gasteiger partial charge is 0.298 e. The summed E-state index contributed by atoms with van der Waals surface area (Å²) in [5.41, 5.74) is 2.53. The van der Waals surface area contributed by atoms with E-state index in [1.54, 1.807) is 18.5 Å². The van der Waals surface area contributed by atoms with E-state index in [4.69, 9.17) is 0 Å². The summed E-state index contributed by atoms with van der Waals surface area (Å²) in [4.78, 5) is 33.4. The Bertz CT molecular complexity index is 1010. The van der Waals surface area contributed by atoms with Gasteiger partial charge in [-0.05, 0) is 43.5 Å². The molecule has 3 heterocycles. The fourth-order valence-electron chi connectivity index (χ4n) is 2.57. The Hall–Kier alpha value is -2.82. The number of hydrogen-bond acceptors (Lipinski definition) is 7. The summed E-state index contributed by atoms with van der Waals surface area (Å²) in [6, 6.07) is 11.6. The molecular formula is C20H15N3O2S2. The molecule has 0 unspecified atom stereocenters. The van der Waals surface area contributed by atoms with Crippen LogP contribution in [-0.4, -0.2) is 26.8 Å². The fourth-order valence-corrected chi connectivity index (χ4v) is 4.30. The molecule has 3 aromatic rings. The molecule has 0 aromatic carbocycles. The summed E-state index contributed by atoms with van der Waals surface area (Å²) < 4.78 is 0. The van der Waals surface area contributed by atoms with E-state index < -0.39 is 5.25 Å². The second-order valence-electron chi connectivity index (χ2n) is 5.79. The number of rotatable bonds is 6. The quantitative estimate of drug-likeness (QED) is 0.456. The van der Waals surface area contributed by atoms with Crippen LogP contribution in [0.5, 0.6) is 0 Å².